The predicted octanol–water partition coefficient (Wildman–Crippen LogP) is 2.26. The highest BCUT2D eigenvalue weighted by Gasteiger charge is 2.13. The molecule has 1 aromatic heterocycles. The van der Waals surface area contributed by atoms with Crippen LogP contribution < -0.4 is 15.5 Å². The van der Waals surface area contributed by atoms with Gasteiger partial charge in [0.15, 0.2) is 5.96 Å². The summed E-state index contributed by atoms with van der Waals surface area (Å²) in [6.45, 7) is 8.64. The summed E-state index contributed by atoms with van der Waals surface area (Å²) in [6, 6.07) is 6.03. The number of pyridine rings is 1. The number of guanidine groups is 1. The number of nitrogens with one attached hydrogen (secondary N) is 2. The Kier molecular flexibility index (Phi) is 9.15. The van der Waals surface area contributed by atoms with Crippen LogP contribution in [0.5, 0.6) is 0 Å². The fourth-order valence-electron chi connectivity index (χ4n) is 2.37. The molecule has 1 unspecified atom stereocenters. The number of rotatable bonds is 9. The zero-order chi connectivity index (χ0) is 17.9. The molecule has 0 saturated heterocycles. The molecule has 1 aromatic rings. The van der Waals surface area contributed by atoms with E-state index in [1.165, 1.54) is 0 Å². The third-order valence-electron chi connectivity index (χ3n) is 3.76. The van der Waals surface area contributed by atoms with Gasteiger partial charge < -0.3 is 20.3 Å². The number of hydrogen-bond acceptors (Lipinski definition) is 4. The zero-order valence-electron chi connectivity index (χ0n) is 16.0. The van der Waals surface area contributed by atoms with Crippen molar-refractivity contribution in [3.8, 4) is 0 Å². The number of hydrogen-bond donors (Lipinski definition) is 2. The Labute approximate surface area is 146 Å². The van der Waals surface area contributed by atoms with Crippen LogP contribution in [-0.2, 0) is 11.3 Å². The van der Waals surface area contributed by atoms with Gasteiger partial charge in [-0.1, -0.05) is 19.9 Å². The Morgan fingerprint density at radius 3 is 2.62 bits per heavy atom. The maximum absolute atomic E-state index is 5.77. The molecule has 136 valence electrons. The maximum atomic E-state index is 5.77. The summed E-state index contributed by atoms with van der Waals surface area (Å²) in [5, 5.41) is 6.65. The van der Waals surface area contributed by atoms with E-state index in [2.05, 4.69) is 34.5 Å². The molecule has 0 spiro atoms. The Morgan fingerprint density at radius 1 is 1.29 bits per heavy atom. The van der Waals surface area contributed by atoms with E-state index in [4.69, 9.17) is 4.74 Å². The summed E-state index contributed by atoms with van der Waals surface area (Å²) in [7, 11) is 5.76. The number of aliphatic imine (C=N–C) groups is 1. The van der Waals surface area contributed by atoms with E-state index in [1.807, 2.05) is 44.1 Å². The minimum absolute atomic E-state index is 0.277. The lowest BCUT2D eigenvalue weighted by molar-refractivity contribution is 0.0258. The highest BCUT2D eigenvalue weighted by atomic mass is 16.5. The molecular formula is C18H33N5O. The van der Waals surface area contributed by atoms with Gasteiger partial charge in [0.1, 0.15) is 5.82 Å². The molecule has 0 radical (unpaired) electrons. The molecule has 1 atom stereocenters. The summed E-state index contributed by atoms with van der Waals surface area (Å²) in [5.74, 6) is 2.25. The van der Waals surface area contributed by atoms with Gasteiger partial charge in [-0.25, -0.2) is 4.98 Å². The second kappa shape index (κ2) is 10.9. The first-order valence-corrected chi connectivity index (χ1v) is 8.67. The van der Waals surface area contributed by atoms with Crippen LogP contribution in [0.2, 0.25) is 0 Å². The van der Waals surface area contributed by atoms with Gasteiger partial charge in [-0.05, 0) is 31.4 Å². The monoisotopic (exact) mass is 335 g/mol. The minimum atomic E-state index is 0.277. The van der Waals surface area contributed by atoms with E-state index in [9.17, 15) is 0 Å². The van der Waals surface area contributed by atoms with Crippen LogP contribution in [0.3, 0.4) is 0 Å². The van der Waals surface area contributed by atoms with E-state index in [0.717, 1.165) is 37.0 Å². The number of ether oxygens (including phenoxy) is 1. The number of nitrogens with zero attached hydrogens (tertiary/aromatic N) is 3. The van der Waals surface area contributed by atoms with Gasteiger partial charge >= 0.3 is 0 Å². The average molecular weight is 335 g/mol. The van der Waals surface area contributed by atoms with Crippen LogP contribution in [-0.4, -0.2) is 51.3 Å². The Hall–Kier alpha value is -1.82. The summed E-state index contributed by atoms with van der Waals surface area (Å²) in [5.41, 5.74) is 0.985. The van der Waals surface area contributed by atoms with Gasteiger partial charge in [0.05, 0.1) is 18.3 Å². The quantitative estimate of drug-likeness (QED) is 0.535. The summed E-state index contributed by atoms with van der Waals surface area (Å²) in [6.07, 6.45) is 1.24. The van der Waals surface area contributed by atoms with Crippen LogP contribution in [0.25, 0.3) is 0 Å². The highest BCUT2D eigenvalue weighted by Crippen LogP contribution is 2.10. The van der Waals surface area contributed by atoms with Crippen molar-refractivity contribution in [2.75, 3.05) is 39.2 Å². The fraction of sp³-hybridized carbons (Fsp3) is 0.667. The largest absolute Gasteiger partial charge is 0.378 e. The molecule has 0 amide bonds. The van der Waals surface area contributed by atoms with Crippen LogP contribution in [0.4, 0.5) is 5.82 Å². The average Bonchev–Trinajstić information content (AvgIpc) is 2.57. The molecule has 2 N–H and O–H groups in total. The van der Waals surface area contributed by atoms with E-state index in [0.29, 0.717) is 12.5 Å². The second-order valence-electron chi connectivity index (χ2n) is 6.26. The lowest BCUT2D eigenvalue weighted by Gasteiger charge is -2.21. The first-order chi connectivity index (χ1) is 11.5. The van der Waals surface area contributed by atoms with Crippen LogP contribution >= 0.6 is 0 Å². The van der Waals surface area contributed by atoms with Crippen LogP contribution in [0, 0.1) is 5.92 Å². The molecule has 0 fully saturated rings. The first kappa shape index (κ1) is 20.2. The van der Waals surface area contributed by atoms with Gasteiger partial charge in [0.2, 0.25) is 0 Å². The lowest BCUT2D eigenvalue weighted by atomic mass is 10.0. The normalized spacial score (nSPS) is 13.0. The van der Waals surface area contributed by atoms with Gasteiger partial charge in [-0.2, -0.15) is 0 Å². The van der Waals surface area contributed by atoms with E-state index < -0.39 is 0 Å². The van der Waals surface area contributed by atoms with Crippen molar-refractivity contribution < 1.29 is 4.74 Å². The third-order valence-corrected chi connectivity index (χ3v) is 3.76. The third kappa shape index (κ3) is 7.17. The van der Waals surface area contributed by atoms with Crippen molar-refractivity contribution in [2.24, 2.45) is 10.9 Å². The van der Waals surface area contributed by atoms with Crippen LogP contribution in [0.15, 0.2) is 23.2 Å². The van der Waals surface area contributed by atoms with Gasteiger partial charge in [0, 0.05) is 34.3 Å². The maximum Gasteiger partial charge on any atom is 0.191 e. The Balaban J connectivity index is 2.44. The minimum Gasteiger partial charge on any atom is -0.378 e. The summed E-state index contributed by atoms with van der Waals surface area (Å²) < 4.78 is 5.77. The Bertz CT molecular complexity index is 502. The molecule has 1 heterocycles. The molecule has 0 bridgehead atoms. The lowest BCUT2D eigenvalue weighted by Crippen LogP contribution is -2.39. The molecule has 6 nitrogen and oxygen atoms in total. The van der Waals surface area contributed by atoms with Crippen molar-refractivity contribution in [1.82, 2.24) is 15.6 Å². The van der Waals surface area contributed by atoms with Crippen molar-refractivity contribution in [2.45, 2.75) is 39.8 Å². The van der Waals surface area contributed by atoms with E-state index >= 15 is 0 Å². The van der Waals surface area contributed by atoms with Gasteiger partial charge in [0.25, 0.3) is 0 Å². The second-order valence-corrected chi connectivity index (χ2v) is 6.26. The SMILES string of the molecule is CCOC(CCNC(=NC)NCc1cccc(N(C)C)n1)C(C)C. The standard InChI is InChI=1S/C18H33N5O/c1-7-24-16(14(2)3)11-12-20-18(19-4)21-13-15-9-8-10-17(22-15)23(5)6/h8-10,14,16H,7,11-13H2,1-6H3,(H2,19,20,21). The number of aromatic nitrogens is 1. The molecule has 1 rings (SSSR count). The van der Waals surface area contributed by atoms with Crippen molar-refractivity contribution >= 4 is 11.8 Å². The topological polar surface area (TPSA) is 61.8 Å². The first-order valence-electron chi connectivity index (χ1n) is 8.67. The Morgan fingerprint density at radius 2 is 2.04 bits per heavy atom. The molecule has 0 aliphatic rings. The van der Waals surface area contributed by atoms with Crippen molar-refractivity contribution in [1.29, 1.82) is 0 Å². The van der Waals surface area contributed by atoms with Gasteiger partial charge in [-0.3, -0.25) is 4.99 Å². The molecule has 0 aliphatic carbocycles. The fourth-order valence-corrected chi connectivity index (χ4v) is 2.37. The zero-order valence-corrected chi connectivity index (χ0v) is 16.0. The van der Waals surface area contributed by atoms with E-state index in [-0.39, 0.29) is 6.10 Å². The number of anilines is 1. The predicted molar refractivity (Wildman–Crippen MR) is 102 cm³/mol. The molecule has 0 aliphatic heterocycles. The van der Waals surface area contributed by atoms with E-state index in [1.54, 1.807) is 7.05 Å². The smallest absolute Gasteiger partial charge is 0.191 e. The molecule has 24 heavy (non-hydrogen) atoms. The van der Waals surface area contributed by atoms with Crippen molar-refractivity contribution in [3.63, 3.8) is 0 Å². The summed E-state index contributed by atoms with van der Waals surface area (Å²) in [4.78, 5) is 10.9. The molecule has 6 heteroatoms. The van der Waals surface area contributed by atoms with Crippen molar-refractivity contribution in [3.05, 3.63) is 23.9 Å². The molecule has 0 aromatic carbocycles. The van der Waals surface area contributed by atoms with Gasteiger partial charge in [-0.15, -0.1) is 0 Å². The highest BCUT2D eigenvalue weighted by molar-refractivity contribution is 5.79. The molecular weight excluding hydrogens is 302 g/mol. The van der Waals surface area contributed by atoms with Crippen LogP contribution in [0.1, 0.15) is 32.9 Å². The molecule has 0 saturated carbocycles. The summed E-state index contributed by atoms with van der Waals surface area (Å²) >= 11 is 0.